The molecule has 0 aliphatic carbocycles. The SMILES string of the molecule is C[C@@H](NCC(=O)Nc1ccc(Br)cc1F)c1ccccc1Cl. The quantitative estimate of drug-likeness (QED) is 0.794. The predicted molar refractivity (Wildman–Crippen MR) is 90.6 cm³/mol. The Morgan fingerprint density at radius 3 is 2.73 bits per heavy atom. The summed E-state index contributed by atoms with van der Waals surface area (Å²) in [5.41, 5.74) is 1.06. The highest BCUT2D eigenvalue weighted by molar-refractivity contribution is 9.10. The largest absolute Gasteiger partial charge is 0.322 e. The molecule has 0 aliphatic rings. The van der Waals surface area contributed by atoms with Crippen LogP contribution >= 0.6 is 27.5 Å². The number of hydrogen-bond donors (Lipinski definition) is 2. The minimum absolute atomic E-state index is 0.0574. The van der Waals surface area contributed by atoms with Crippen LogP contribution in [0.5, 0.6) is 0 Å². The molecule has 0 unspecified atom stereocenters. The highest BCUT2D eigenvalue weighted by Crippen LogP contribution is 2.22. The highest BCUT2D eigenvalue weighted by atomic mass is 79.9. The molecule has 0 fully saturated rings. The van der Waals surface area contributed by atoms with Crippen molar-refractivity contribution < 1.29 is 9.18 Å². The Kier molecular flexibility index (Phi) is 5.94. The third kappa shape index (κ3) is 4.53. The van der Waals surface area contributed by atoms with Gasteiger partial charge in [0.1, 0.15) is 5.82 Å². The van der Waals surface area contributed by atoms with Crippen LogP contribution in [0.3, 0.4) is 0 Å². The Balaban J connectivity index is 1.91. The fourth-order valence-corrected chi connectivity index (χ4v) is 2.60. The van der Waals surface area contributed by atoms with Crippen LogP contribution in [-0.2, 0) is 4.79 Å². The summed E-state index contributed by atoms with van der Waals surface area (Å²) in [7, 11) is 0. The summed E-state index contributed by atoms with van der Waals surface area (Å²) in [6.45, 7) is 1.97. The molecule has 0 aliphatic heterocycles. The summed E-state index contributed by atoms with van der Waals surface area (Å²) in [5, 5.41) is 6.23. The van der Waals surface area contributed by atoms with Crippen LogP contribution in [0.4, 0.5) is 10.1 Å². The zero-order chi connectivity index (χ0) is 16.1. The topological polar surface area (TPSA) is 41.1 Å². The van der Waals surface area contributed by atoms with E-state index in [1.165, 1.54) is 12.1 Å². The molecular weight excluding hydrogens is 371 g/mol. The van der Waals surface area contributed by atoms with Gasteiger partial charge in [-0.25, -0.2) is 4.39 Å². The molecule has 0 saturated carbocycles. The van der Waals surface area contributed by atoms with E-state index in [0.717, 1.165) is 5.56 Å². The van der Waals surface area contributed by atoms with Gasteiger partial charge in [-0.1, -0.05) is 45.7 Å². The fourth-order valence-electron chi connectivity index (χ4n) is 1.97. The number of anilines is 1. The lowest BCUT2D eigenvalue weighted by Gasteiger charge is -2.15. The van der Waals surface area contributed by atoms with E-state index in [0.29, 0.717) is 9.50 Å². The molecule has 0 heterocycles. The van der Waals surface area contributed by atoms with E-state index in [9.17, 15) is 9.18 Å². The number of benzene rings is 2. The van der Waals surface area contributed by atoms with Gasteiger partial charge in [0, 0.05) is 15.5 Å². The fraction of sp³-hybridized carbons (Fsp3) is 0.188. The van der Waals surface area contributed by atoms with Crippen LogP contribution in [0.2, 0.25) is 5.02 Å². The first-order valence-corrected chi connectivity index (χ1v) is 7.87. The Hall–Kier alpha value is -1.43. The Bertz CT molecular complexity index is 681. The number of nitrogens with one attached hydrogen (secondary N) is 2. The Labute approximate surface area is 142 Å². The molecule has 0 spiro atoms. The highest BCUT2D eigenvalue weighted by Gasteiger charge is 2.12. The van der Waals surface area contributed by atoms with E-state index in [1.807, 2.05) is 25.1 Å². The second-order valence-corrected chi connectivity index (χ2v) is 6.12. The van der Waals surface area contributed by atoms with Crippen molar-refractivity contribution >= 4 is 39.1 Å². The van der Waals surface area contributed by atoms with Gasteiger partial charge in [-0.15, -0.1) is 0 Å². The molecule has 3 nitrogen and oxygen atoms in total. The molecular formula is C16H15BrClFN2O. The van der Waals surface area contributed by atoms with Gasteiger partial charge in [0.05, 0.1) is 12.2 Å². The number of hydrogen-bond acceptors (Lipinski definition) is 2. The summed E-state index contributed by atoms with van der Waals surface area (Å²) in [4.78, 5) is 11.9. The first kappa shape index (κ1) is 16.9. The average Bonchev–Trinajstić information content (AvgIpc) is 2.48. The maximum Gasteiger partial charge on any atom is 0.238 e. The van der Waals surface area contributed by atoms with Crippen LogP contribution in [-0.4, -0.2) is 12.5 Å². The van der Waals surface area contributed by atoms with E-state index in [-0.39, 0.29) is 24.2 Å². The van der Waals surface area contributed by atoms with Gasteiger partial charge in [0.25, 0.3) is 0 Å². The summed E-state index contributed by atoms with van der Waals surface area (Å²) >= 11 is 9.27. The third-order valence-electron chi connectivity index (χ3n) is 3.15. The second kappa shape index (κ2) is 7.72. The number of amides is 1. The number of halogens is 3. The third-order valence-corrected chi connectivity index (χ3v) is 3.98. The van der Waals surface area contributed by atoms with Crippen molar-refractivity contribution in [1.82, 2.24) is 5.32 Å². The molecule has 2 rings (SSSR count). The molecule has 1 amide bonds. The molecule has 2 aromatic carbocycles. The lowest BCUT2D eigenvalue weighted by molar-refractivity contribution is -0.115. The summed E-state index contributed by atoms with van der Waals surface area (Å²) < 4.78 is 14.3. The van der Waals surface area contributed by atoms with Crippen LogP contribution in [0.15, 0.2) is 46.9 Å². The monoisotopic (exact) mass is 384 g/mol. The number of rotatable bonds is 5. The molecule has 2 aromatic rings. The molecule has 22 heavy (non-hydrogen) atoms. The minimum atomic E-state index is -0.484. The van der Waals surface area contributed by atoms with Gasteiger partial charge < -0.3 is 10.6 Å². The van der Waals surface area contributed by atoms with Gasteiger partial charge in [-0.05, 0) is 36.8 Å². The van der Waals surface area contributed by atoms with Crippen molar-refractivity contribution in [2.45, 2.75) is 13.0 Å². The van der Waals surface area contributed by atoms with Crippen molar-refractivity contribution in [3.8, 4) is 0 Å². The van der Waals surface area contributed by atoms with Gasteiger partial charge >= 0.3 is 0 Å². The van der Waals surface area contributed by atoms with E-state index >= 15 is 0 Å². The molecule has 0 aromatic heterocycles. The van der Waals surface area contributed by atoms with Crippen molar-refractivity contribution in [2.24, 2.45) is 0 Å². The van der Waals surface area contributed by atoms with Crippen molar-refractivity contribution in [1.29, 1.82) is 0 Å². The average molecular weight is 386 g/mol. The van der Waals surface area contributed by atoms with Crippen LogP contribution in [0.25, 0.3) is 0 Å². The van der Waals surface area contributed by atoms with E-state index < -0.39 is 5.82 Å². The maximum atomic E-state index is 13.6. The normalized spacial score (nSPS) is 12.0. The molecule has 0 bridgehead atoms. The van der Waals surface area contributed by atoms with E-state index in [1.54, 1.807) is 12.1 Å². The van der Waals surface area contributed by atoms with Gasteiger partial charge in [0.15, 0.2) is 0 Å². The van der Waals surface area contributed by atoms with Gasteiger partial charge in [0.2, 0.25) is 5.91 Å². The number of carbonyl (C=O) groups is 1. The van der Waals surface area contributed by atoms with Crippen molar-refractivity contribution in [3.05, 3.63) is 63.3 Å². The first-order valence-electron chi connectivity index (χ1n) is 6.70. The van der Waals surface area contributed by atoms with Gasteiger partial charge in [-0.3, -0.25) is 4.79 Å². The first-order chi connectivity index (χ1) is 10.5. The van der Waals surface area contributed by atoms with Crippen LogP contribution < -0.4 is 10.6 Å². The Morgan fingerprint density at radius 1 is 1.32 bits per heavy atom. The summed E-state index contributed by atoms with van der Waals surface area (Å²) in [6.07, 6.45) is 0. The molecule has 1 atom stereocenters. The lowest BCUT2D eigenvalue weighted by Crippen LogP contribution is -2.30. The smallest absolute Gasteiger partial charge is 0.238 e. The molecule has 6 heteroatoms. The molecule has 116 valence electrons. The van der Waals surface area contributed by atoms with Crippen molar-refractivity contribution in [2.75, 3.05) is 11.9 Å². The van der Waals surface area contributed by atoms with Crippen LogP contribution in [0.1, 0.15) is 18.5 Å². The second-order valence-electron chi connectivity index (χ2n) is 4.80. The molecule has 0 saturated heterocycles. The van der Waals surface area contributed by atoms with Gasteiger partial charge in [-0.2, -0.15) is 0 Å². The van der Waals surface area contributed by atoms with Crippen molar-refractivity contribution in [3.63, 3.8) is 0 Å². The standard InChI is InChI=1S/C16H15BrClFN2O/c1-10(12-4-2-3-5-13(12)18)20-9-16(22)21-15-7-6-11(17)8-14(15)19/h2-8,10,20H,9H2,1H3,(H,21,22)/t10-/m1/s1. The summed E-state index contributed by atoms with van der Waals surface area (Å²) in [5.74, 6) is -0.804. The van der Waals surface area contributed by atoms with E-state index in [4.69, 9.17) is 11.6 Å². The van der Waals surface area contributed by atoms with E-state index in [2.05, 4.69) is 26.6 Å². The lowest BCUT2D eigenvalue weighted by atomic mass is 10.1. The predicted octanol–water partition coefficient (Wildman–Crippen LogP) is 4.53. The molecule has 0 radical (unpaired) electrons. The maximum absolute atomic E-state index is 13.6. The molecule has 2 N–H and O–H groups in total. The Morgan fingerprint density at radius 2 is 2.05 bits per heavy atom. The minimum Gasteiger partial charge on any atom is -0.322 e. The van der Waals surface area contributed by atoms with Crippen LogP contribution in [0, 0.1) is 5.82 Å². The summed E-state index contributed by atoms with van der Waals surface area (Å²) in [6, 6.07) is 11.8. The zero-order valence-electron chi connectivity index (χ0n) is 11.9. The zero-order valence-corrected chi connectivity index (χ0v) is 14.2. The number of carbonyl (C=O) groups excluding carboxylic acids is 1.